The maximum Gasteiger partial charge on any atom is 0.250 e. The number of pyridine rings is 1. The molecule has 0 aliphatic heterocycles. The van der Waals surface area contributed by atoms with Gasteiger partial charge in [-0.15, -0.1) is 0 Å². The maximum atomic E-state index is 11.8. The molecule has 0 bridgehead atoms. The SMILES string of the molecule is COc1ccc(C(C)=O)cc1Cn1cc(Br)ccc1=O. The summed E-state index contributed by atoms with van der Waals surface area (Å²) in [6.45, 7) is 1.86. The van der Waals surface area contributed by atoms with Crippen LogP contribution in [0.1, 0.15) is 22.8 Å². The summed E-state index contributed by atoms with van der Waals surface area (Å²) in [4.78, 5) is 23.3. The fourth-order valence-corrected chi connectivity index (χ4v) is 2.31. The Bertz CT molecular complexity index is 707. The van der Waals surface area contributed by atoms with Crippen LogP contribution >= 0.6 is 15.9 Å². The Morgan fingerprint density at radius 1 is 1.30 bits per heavy atom. The van der Waals surface area contributed by atoms with E-state index in [4.69, 9.17) is 4.74 Å². The van der Waals surface area contributed by atoms with Crippen LogP contribution in [0.5, 0.6) is 5.75 Å². The van der Waals surface area contributed by atoms with Gasteiger partial charge >= 0.3 is 0 Å². The molecule has 0 atom stereocenters. The van der Waals surface area contributed by atoms with Gasteiger partial charge in [0.1, 0.15) is 5.75 Å². The molecule has 0 amide bonds. The van der Waals surface area contributed by atoms with Crippen LogP contribution in [-0.4, -0.2) is 17.5 Å². The number of hydrogen-bond donors (Lipinski definition) is 0. The predicted molar refractivity (Wildman–Crippen MR) is 80.5 cm³/mol. The third-order valence-corrected chi connectivity index (χ3v) is 3.44. The monoisotopic (exact) mass is 335 g/mol. The van der Waals surface area contributed by atoms with Gasteiger partial charge in [0.15, 0.2) is 5.78 Å². The molecule has 1 heterocycles. The average Bonchev–Trinajstić information content (AvgIpc) is 2.42. The summed E-state index contributed by atoms with van der Waals surface area (Å²) in [6.07, 6.45) is 1.71. The highest BCUT2D eigenvalue weighted by atomic mass is 79.9. The third kappa shape index (κ3) is 3.17. The highest BCUT2D eigenvalue weighted by Gasteiger charge is 2.09. The second-order valence-electron chi connectivity index (χ2n) is 4.40. The van der Waals surface area contributed by atoms with Gasteiger partial charge in [-0.3, -0.25) is 9.59 Å². The number of nitrogens with zero attached hydrogens (tertiary/aromatic N) is 1. The number of benzene rings is 1. The average molecular weight is 336 g/mol. The fourth-order valence-electron chi connectivity index (χ4n) is 1.93. The molecule has 1 aromatic carbocycles. The molecular formula is C15H14BrNO3. The van der Waals surface area contributed by atoms with Gasteiger partial charge in [0.2, 0.25) is 0 Å². The smallest absolute Gasteiger partial charge is 0.250 e. The third-order valence-electron chi connectivity index (χ3n) is 2.97. The number of ketones is 1. The summed E-state index contributed by atoms with van der Waals surface area (Å²) >= 11 is 3.34. The van der Waals surface area contributed by atoms with Gasteiger partial charge in [-0.1, -0.05) is 0 Å². The van der Waals surface area contributed by atoms with Crippen LogP contribution in [0.3, 0.4) is 0 Å². The first-order chi connectivity index (χ1) is 9.51. The first-order valence-corrected chi connectivity index (χ1v) is 6.84. The summed E-state index contributed by atoms with van der Waals surface area (Å²) < 4.78 is 7.66. The number of hydrogen-bond acceptors (Lipinski definition) is 3. The van der Waals surface area contributed by atoms with Crippen LogP contribution in [0.4, 0.5) is 0 Å². The number of ether oxygens (including phenoxy) is 1. The molecule has 2 rings (SSSR count). The maximum absolute atomic E-state index is 11.8. The largest absolute Gasteiger partial charge is 0.496 e. The van der Waals surface area contributed by atoms with Crippen molar-refractivity contribution < 1.29 is 9.53 Å². The van der Waals surface area contributed by atoms with Crippen molar-refractivity contribution >= 4 is 21.7 Å². The molecule has 0 saturated heterocycles. The molecule has 0 aliphatic carbocycles. The summed E-state index contributed by atoms with van der Waals surface area (Å²) in [5, 5.41) is 0. The lowest BCUT2D eigenvalue weighted by Crippen LogP contribution is -2.19. The summed E-state index contributed by atoms with van der Waals surface area (Å²) in [5.41, 5.74) is 1.28. The Morgan fingerprint density at radius 2 is 2.05 bits per heavy atom. The van der Waals surface area contributed by atoms with Crippen LogP contribution in [0.25, 0.3) is 0 Å². The van der Waals surface area contributed by atoms with E-state index in [1.807, 2.05) is 0 Å². The van der Waals surface area contributed by atoms with E-state index in [1.165, 1.54) is 13.0 Å². The normalized spacial score (nSPS) is 10.3. The molecule has 0 spiro atoms. The first-order valence-electron chi connectivity index (χ1n) is 6.05. The number of halogens is 1. The van der Waals surface area contributed by atoms with Crippen molar-refractivity contribution in [2.75, 3.05) is 7.11 Å². The van der Waals surface area contributed by atoms with Crippen molar-refractivity contribution in [3.05, 3.63) is 62.5 Å². The Labute approximate surface area is 125 Å². The topological polar surface area (TPSA) is 48.3 Å². The van der Waals surface area contributed by atoms with Crippen LogP contribution in [0, 0.1) is 0 Å². The molecule has 2 aromatic rings. The van der Waals surface area contributed by atoms with E-state index in [2.05, 4.69) is 15.9 Å². The Balaban J connectivity index is 2.46. The number of carbonyl (C=O) groups is 1. The van der Waals surface area contributed by atoms with E-state index < -0.39 is 0 Å². The van der Waals surface area contributed by atoms with E-state index in [1.54, 1.807) is 42.1 Å². The number of methoxy groups -OCH3 is 1. The van der Waals surface area contributed by atoms with Gasteiger partial charge < -0.3 is 9.30 Å². The van der Waals surface area contributed by atoms with E-state index in [-0.39, 0.29) is 11.3 Å². The Hall–Kier alpha value is -1.88. The molecule has 5 heteroatoms. The number of aromatic nitrogens is 1. The quantitative estimate of drug-likeness (QED) is 0.807. The highest BCUT2D eigenvalue weighted by Crippen LogP contribution is 2.21. The van der Waals surface area contributed by atoms with Gasteiger partial charge in [-0.25, -0.2) is 0 Å². The van der Waals surface area contributed by atoms with Crippen molar-refractivity contribution in [2.24, 2.45) is 0 Å². The van der Waals surface area contributed by atoms with Crippen LogP contribution in [0.2, 0.25) is 0 Å². The molecule has 0 aliphatic rings. The standard InChI is InChI=1S/C15H14BrNO3/c1-10(18)11-3-5-14(20-2)12(7-11)8-17-9-13(16)4-6-15(17)19/h3-7,9H,8H2,1-2H3. The minimum atomic E-state index is -0.108. The number of rotatable bonds is 4. The zero-order valence-corrected chi connectivity index (χ0v) is 12.8. The molecular weight excluding hydrogens is 322 g/mol. The lowest BCUT2D eigenvalue weighted by molar-refractivity contribution is 0.101. The van der Waals surface area contributed by atoms with Crippen molar-refractivity contribution in [3.63, 3.8) is 0 Å². The molecule has 0 radical (unpaired) electrons. The van der Waals surface area contributed by atoms with Crippen LogP contribution < -0.4 is 10.3 Å². The number of carbonyl (C=O) groups excluding carboxylic acids is 1. The van der Waals surface area contributed by atoms with Crippen LogP contribution in [0.15, 0.2) is 45.8 Å². The molecule has 1 aromatic heterocycles. The van der Waals surface area contributed by atoms with Crippen LogP contribution in [-0.2, 0) is 6.54 Å². The fraction of sp³-hybridized carbons (Fsp3) is 0.200. The zero-order valence-electron chi connectivity index (χ0n) is 11.2. The predicted octanol–water partition coefficient (Wildman–Crippen LogP) is 2.87. The van der Waals surface area contributed by atoms with Crippen molar-refractivity contribution in [3.8, 4) is 5.75 Å². The molecule has 0 fully saturated rings. The lowest BCUT2D eigenvalue weighted by Gasteiger charge is -2.11. The summed E-state index contributed by atoms with van der Waals surface area (Å²) in [6, 6.07) is 8.41. The Kier molecular flexibility index (Phi) is 4.39. The minimum absolute atomic E-state index is 0.0181. The number of Topliss-reactive ketones (excluding diaryl/α,β-unsaturated/α-hetero) is 1. The summed E-state index contributed by atoms with van der Waals surface area (Å²) in [5.74, 6) is 0.636. The second-order valence-corrected chi connectivity index (χ2v) is 5.31. The molecule has 4 nitrogen and oxygen atoms in total. The van der Waals surface area contributed by atoms with Gasteiger partial charge in [0, 0.05) is 27.9 Å². The molecule has 20 heavy (non-hydrogen) atoms. The van der Waals surface area contributed by atoms with E-state index in [9.17, 15) is 9.59 Å². The molecule has 0 saturated carbocycles. The van der Waals surface area contributed by atoms with Crippen molar-refractivity contribution in [1.29, 1.82) is 0 Å². The van der Waals surface area contributed by atoms with E-state index in [0.29, 0.717) is 17.9 Å². The molecule has 0 N–H and O–H groups in total. The lowest BCUT2D eigenvalue weighted by atomic mass is 10.1. The zero-order chi connectivity index (χ0) is 14.7. The van der Waals surface area contributed by atoms with Gasteiger partial charge in [-0.2, -0.15) is 0 Å². The van der Waals surface area contributed by atoms with Gasteiger partial charge in [0.25, 0.3) is 5.56 Å². The molecule has 104 valence electrons. The van der Waals surface area contributed by atoms with Gasteiger partial charge in [-0.05, 0) is 47.1 Å². The second kappa shape index (κ2) is 6.05. The summed E-state index contributed by atoms with van der Waals surface area (Å²) in [7, 11) is 1.57. The van der Waals surface area contributed by atoms with Crippen molar-refractivity contribution in [1.82, 2.24) is 4.57 Å². The minimum Gasteiger partial charge on any atom is -0.496 e. The van der Waals surface area contributed by atoms with E-state index in [0.717, 1.165) is 10.0 Å². The highest BCUT2D eigenvalue weighted by molar-refractivity contribution is 9.10. The first kappa shape index (κ1) is 14.5. The Morgan fingerprint density at radius 3 is 2.70 bits per heavy atom. The molecule has 0 unspecified atom stereocenters. The van der Waals surface area contributed by atoms with Crippen molar-refractivity contribution in [2.45, 2.75) is 13.5 Å². The van der Waals surface area contributed by atoms with E-state index >= 15 is 0 Å². The van der Waals surface area contributed by atoms with Gasteiger partial charge in [0.05, 0.1) is 13.7 Å².